The summed E-state index contributed by atoms with van der Waals surface area (Å²) in [5, 5.41) is 13.9. The number of anilines is 3. The van der Waals surface area contributed by atoms with E-state index in [0.29, 0.717) is 12.4 Å². The minimum atomic E-state index is -0.125. The Labute approximate surface area is 197 Å². The molecule has 33 heavy (non-hydrogen) atoms. The monoisotopic (exact) mass is 464 g/mol. The second-order valence-electron chi connectivity index (χ2n) is 8.58. The fourth-order valence-corrected chi connectivity index (χ4v) is 4.99. The summed E-state index contributed by atoms with van der Waals surface area (Å²) >= 11 is 1.65. The van der Waals surface area contributed by atoms with Crippen LogP contribution in [0.25, 0.3) is 10.6 Å². The molecule has 1 atom stereocenters. The summed E-state index contributed by atoms with van der Waals surface area (Å²) < 4.78 is 0. The van der Waals surface area contributed by atoms with Crippen molar-refractivity contribution < 1.29 is 4.79 Å². The Morgan fingerprint density at radius 3 is 2.67 bits per heavy atom. The Kier molecular flexibility index (Phi) is 6.45. The first kappa shape index (κ1) is 21.7. The summed E-state index contributed by atoms with van der Waals surface area (Å²) in [5.41, 5.74) is 0.875. The lowest BCUT2D eigenvalue weighted by molar-refractivity contribution is -0.120. The third-order valence-corrected chi connectivity index (χ3v) is 7.16. The summed E-state index contributed by atoms with van der Waals surface area (Å²) in [7, 11) is 2.13. The normalized spacial score (nSPS) is 19.5. The SMILES string of the molecule is CN1CCN(c2cc(NC(=O)C3CCCN(c4ccc(-c5cccs5)nn4)C3)ncn2)CC1. The molecule has 1 amide bonds. The van der Waals surface area contributed by atoms with Gasteiger partial charge in [-0.3, -0.25) is 4.79 Å². The number of piperidine rings is 1. The van der Waals surface area contributed by atoms with Crippen LogP contribution in [0.2, 0.25) is 0 Å². The first-order valence-corrected chi connectivity index (χ1v) is 12.2. The maximum absolute atomic E-state index is 13.0. The number of amides is 1. The van der Waals surface area contributed by atoms with E-state index in [4.69, 9.17) is 0 Å². The van der Waals surface area contributed by atoms with Crippen LogP contribution < -0.4 is 15.1 Å². The zero-order valence-corrected chi connectivity index (χ0v) is 19.5. The van der Waals surface area contributed by atoms with Crippen LogP contribution in [0, 0.1) is 5.92 Å². The van der Waals surface area contributed by atoms with E-state index in [1.807, 2.05) is 35.7 Å². The number of nitrogens with zero attached hydrogens (tertiary/aromatic N) is 7. The van der Waals surface area contributed by atoms with Crippen molar-refractivity contribution in [2.24, 2.45) is 5.92 Å². The molecule has 0 aliphatic carbocycles. The van der Waals surface area contributed by atoms with Crippen molar-refractivity contribution in [3.63, 3.8) is 0 Å². The van der Waals surface area contributed by atoms with Crippen LogP contribution in [-0.4, -0.2) is 77.3 Å². The van der Waals surface area contributed by atoms with E-state index in [2.05, 4.69) is 47.2 Å². The number of thiophene rings is 1. The molecule has 1 N–H and O–H groups in total. The Balaban J connectivity index is 1.21. The Bertz CT molecular complexity index is 1070. The average molecular weight is 465 g/mol. The summed E-state index contributed by atoms with van der Waals surface area (Å²) in [6, 6.07) is 9.92. The van der Waals surface area contributed by atoms with Gasteiger partial charge in [-0.1, -0.05) is 6.07 Å². The third kappa shape index (κ3) is 5.12. The molecule has 1 unspecified atom stereocenters. The highest BCUT2D eigenvalue weighted by Crippen LogP contribution is 2.26. The quantitative estimate of drug-likeness (QED) is 0.616. The molecule has 0 spiro atoms. The standard InChI is InChI=1S/C23H28N8OS/c1-29-9-11-30(12-10-29)22-14-20(24-16-25-22)26-23(32)17-4-2-8-31(15-17)21-7-6-18(27-28-21)19-5-3-13-33-19/h3,5-7,13-14,16-17H,2,4,8-12,15H2,1H3,(H,24,25,26,32). The lowest BCUT2D eigenvalue weighted by Crippen LogP contribution is -2.44. The van der Waals surface area contributed by atoms with Gasteiger partial charge in [0.15, 0.2) is 5.82 Å². The van der Waals surface area contributed by atoms with Crippen LogP contribution in [0.15, 0.2) is 42.0 Å². The van der Waals surface area contributed by atoms with Gasteiger partial charge in [-0.05, 0) is 43.5 Å². The molecule has 2 aliphatic heterocycles. The van der Waals surface area contributed by atoms with Crippen LogP contribution in [0.1, 0.15) is 12.8 Å². The highest BCUT2D eigenvalue weighted by Gasteiger charge is 2.27. The zero-order valence-electron chi connectivity index (χ0n) is 18.7. The number of hydrogen-bond acceptors (Lipinski definition) is 9. The predicted molar refractivity (Wildman–Crippen MR) is 131 cm³/mol. The molecule has 0 aromatic carbocycles. The topological polar surface area (TPSA) is 90.4 Å². The highest BCUT2D eigenvalue weighted by atomic mass is 32.1. The number of hydrogen-bond donors (Lipinski definition) is 1. The molecule has 9 nitrogen and oxygen atoms in total. The maximum Gasteiger partial charge on any atom is 0.230 e. The minimum Gasteiger partial charge on any atom is -0.354 e. The van der Waals surface area contributed by atoms with Gasteiger partial charge in [-0.15, -0.1) is 21.5 Å². The van der Waals surface area contributed by atoms with E-state index >= 15 is 0 Å². The van der Waals surface area contributed by atoms with Crippen LogP contribution in [-0.2, 0) is 4.79 Å². The lowest BCUT2D eigenvalue weighted by atomic mass is 9.97. The number of aromatic nitrogens is 4. The smallest absolute Gasteiger partial charge is 0.230 e. The fourth-order valence-electron chi connectivity index (χ4n) is 4.30. The Morgan fingerprint density at radius 2 is 1.91 bits per heavy atom. The van der Waals surface area contributed by atoms with E-state index in [9.17, 15) is 4.79 Å². The third-order valence-electron chi connectivity index (χ3n) is 6.27. The largest absolute Gasteiger partial charge is 0.354 e. The number of carbonyl (C=O) groups excluding carboxylic acids is 1. The molecule has 0 bridgehead atoms. The molecular formula is C23H28N8OS. The van der Waals surface area contributed by atoms with E-state index in [0.717, 1.165) is 67.8 Å². The molecule has 2 fully saturated rings. The summed E-state index contributed by atoms with van der Waals surface area (Å²) in [6.45, 7) is 5.34. The lowest BCUT2D eigenvalue weighted by Gasteiger charge is -2.33. The molecule has 2 saturated heterocycles. The van der Waals surface area contributed by atoms with Crippen LogP contribution in [0.4, 0.5) is 17.5 Å². The molecule has 3 aromatic rings. The van der Waals surface area contributed by atoms with Gasteiger partial charge in [0.05, 0.1) is 10.8 Å². The van der Waals surface area contributed by atoms with Crippen LogP contribution in [0.3, 0.4) is 0 Å². The number of piperazine rings is 1. The van der Waals surface area contributed by atoms with Crippen molar-refractivity contribution in [1.29, 1.82) is 0 Å². The van der Waals surface area contributed by atoms with Crippen molar-refractivity contribution >= 4 is 34.7 Å². The molecule has 172 valence electrons. The van der Waals surface area contributed by atoms with E-state index in [-0.39, 0.29) is 11.8 Å². The van der Waals surface area contributed by atoms with Gasteiger partial charge < -0.3 is 20.0 Å². The average Bonchev–Trinajstić information content (AvgIpc) is 3.40. The number of carbonyl (C=O) groups is 1. The van der Waals surface area contributed by atoms with Crippen molar-refractivity contribution in [2.45, 2.75) is 12.8 Å². The molecule has 3 aromatic heterocycles. The van der Waals surface area contributed by atoms with Gasteiger partial charge in [-0.2, -0.15) is 0 Å². The predicted octanol–water partition coefficient (Wildman–Crippen LogP) is 2.60. The maximum atomic E-state index is 13.0. The molecule has 2 aliphatic rings. The highest BCUT2D eigenvalue weighted by molar-refractivity contribution is 7.13. The van der Waals surface area contributed by atoms with Gasteiger partial charge in [0.25, 0.3) is 0 Å². The van der Waals surface area contributed by atoms with Gasteiger partial charge in [0.1, 0.15) is 23.7 Å². The summed E-state index contributed by atoms with van der Waals surface area (Å²) in [5.74, 6) is 2.10. The molecule has 10 heteroatoms. The minimum absolute atomic E-state index is 0.00843. The Hall–Kier alpha value is -3.11. The van der Waals surface area contributed by atoms with Gasteiger partial charge in [0, 0.05) is 45.3 Å². The van der Waals surface area contributed by atoms with Gasteiger partial charge in [-0.25, -0.2) is 9.97 Å². The first-order chi connectivity index (χ1) is 16.2. The molecular weight excluding hydrogens is 436 g/mol. The number of nitrogens with one attached hydrogen (secondary N) is 1. The number of rotatable bonds is 5. The first-order valence-electron chi connectivity index (χ1n) is 11.3. The molecule has 0 saturated carbocycles. The van der Waals surface area contributed by atoms with E-state index < -0.39 is 0 Å². The number of likely N-dealkylation sites (N-methyl/N-ethyl adjacent to an activating group) is 1. The fraction of sp³-hybridized carbons (Fsp3) is 0.435. The van der Waals surface area contributed by atoms with Crippen LogP contribution in [0.5, 0.6) is 0 Å². The second-order valence-corrected chi connectivity index (χ2v) is 9.53. The van der Waals surface area contributed by atoms with Gasteiger partial charge in [0.2, 0.25) is 5.91 Å². The van der Waals surface area contributed by atoms with Crippen molar-refractivity contribution in [3.8, 4) is 10.6 Å². The molecule has 0 radical (unpaired) electrons. The van der Waals surface area contributed by atoms with E-state index in [1.165, 1.54) is 6.33 Å². The summed E-state index contributed by atoms with van der Waals surface area (Å²) in [6.07, 6.45) is 3.31. The molecule has 5 rings (SSSR count). The Morgan fingerprint density at radius 1 is 1.03 bits per heavy atom. The second kappa shape index (κ2) is 9.80. The van der Waals surface area contributed by atoms with Crippen molar-refractivity contribution in [2.75, 3.05) is 61.4 Å². The molecule has 5 heterocycles. The van der Waals surface area contributed by atoms with E-state index in [1.54, 1.807) is 11.3 Å². The zero-order chi connectivity index (χ0) is 22.6. The van der Waals surface area contributed by atoms with Crippen LogP contribution >= 0.6 is 11.3 Å². The van der Waals surface area contributed by atoms with Crippen molar-refractivity contribution in [3.05, 3.63) is 42.0 Å². The van der Waals surface area contributed by atoms with Crippen molar-refractivity contribution in [1.82, 2.24) is 25.1 Å². The summed E-state index contributed by atoms with van der Waals surface area (Å²) in [4.78, 5) is 29.5. The van der Waals surface area contributed by atoms with Gasteiger partial charge >= 0.3 is 0 Å².